The maximum Gasteiger partial charge on any atom is 0.236 e. The average Bonchev–Trinajstić information content (AvgIpc) is 2.29. The fourth-order valence-corrected chi connectivity index (χ4v) is 3.51. The first-order valence-electron chi connectivity index (χ1n) is 5.18. The molecule has 1 aromatic carbocycles. The van der Waals surface area contributed by atoms with Crippen LogP contribution in [0.3, 0.4) is 0 Å². The van der Waals surface area contributed by atoms with Gasteiger partial charge in [0, 0.05) is 20.7 Å². The Morgan fingerprint density at radius 2 is 1.94 bits per heavy atom. The number of rotatable bonds is 5. The maximum atomic E-state index is 11.3. The Kier molecular flexibility index (Phi) is 5.31. The molecule has 0 saturated heterocycles. The molecule has 18 heavy (non-hydrogen) atoms. The van der Waals surface area contributed by atoms with Crippen LogP contribution in [0.2, 0.25) is 0 Å². The zero-order valence-corrected chi connectivity index (χ0v) is 13.4. The van der Waals surface area contributed by atoms with Crippen LogP contribution in [0.25, 0.3) is 0 Å². The largest absolute Gasteiger partial charge is 0.493 e. The van der Waals surface area contributed by atoms with Crippen molar-refractivity contribution in [1.29, 1.82) is 0 Å². The van der Waals surface area contributed by atoms with E-state index in [0.29, 0.717) is 21.5 Å². The molecule has 0 aliphatic carbocycles. The summed E-state index contributed by atoms with van der Waals surface area (Å²) in [5.74, 6) is 0.557. The quantitative estimate of drug-likeness (QED) is 0.760. The van der Waals surface area contributed by atoms with Gasteiger partial charge in [-0.3, -0.25) is 0 Å². The molecule has 0 unspecified atom stereocenters. The summed E-state index contributed by atoms with van der Waals surface area (Å²) in [5.41, 5.74) is 1.41. The van der Waals surface area contributed by atoms with E-state index in [1.807, 2.05) is 13.0 Å². The van der Waals surface area contributed by atoms with Crippen LogP contribution in [0.5, 0.6) is 11.5 Å². The van der Waals surface area contributed by atoms with E-state index in [9.17, 15) is 8.42 Å². The third-order valence-corrected chi connectivity index (χ3v) is 4.42. The van der Waals surface area contributed by atoms with E-state index >= 15 is 0 Å². The van der Waals surface area contributed by atoms with Crippen molar-refractivity contribution in [3.63, 3.8) is 0 Å². The topological polar surface area (TPSA) is 52.6 Å². The molecule has 0 fully saturated rings. The van der Waals surface area contributed by atoms with Gasteiger partial charge in [0.05, 0.1) is 20.0 Å². The first kappa shape index (κ1) is 15.6. The number of hydrogen-bond donors (Lipinski definition) is 0. The van der Waals surface area contributed by atoms with E-state index in [4.69, 9.17) is 20.2 Å². The van der Waals surface area contributed by atoms with Crippen LogP contribution in [-0.4, -0.2) is 22.6 Å². The maximum absolute atomic E-state index is 11.3. The van der Waals surface area contributed by atoms with Crippen molar-refractivity contribution in [2.75, 3.05) is 14.2 Å². The molecule has 1 aromatic rings. The molecule has 0 amide bonds. The van der Waals surface area contributed by atoms with Gasteiger partial charge in [-0.05, 0) is 18.1 Å². The number of methoxy groups -OCH3 is 2. The highest BCUT2D eigenvalue weighted by molar-refractivity contribution is 9.10. The van der Waals surface area contributed by atoms with E-state index in [1.54, 1.807) is 0 Å². The van der Waals surface area contributed by atoms with E-state index < -0.39 is 9.05 Å². The van der Waals surface area contributed by atoms with Crippen molar-refractivity contribution >= 4 is 35.7 Å². The van der Waals surface area contributed by atoms with Gasteiger partial charge in [0.25, 0.3) is 0 Å². The fraction of sp³-hybridized carbons (Fsp3) is 0.455. The van der Waals surface area contributed by atoms with Gasteiger partial charge in [0.15, 0.2) is 11.5 Å². The molecular formula is C11H14BrClO4S. The fourth-order valence-electron chi connectivity index (χ4n) is 1.66. The van der Waals surface area contributed by atoms with Gasteiger partial charge in [-0.15, -0.1) is 0 Å². The van der Waals surface area contributed by atoms with Crippen molar-refractivity contribution in [1.82, 2.24) is 0 Å². The Morgan fingerprint density at radius 3 is 2.33 bits per heavy atom. The summed E-state index contributed by atoms with van der Waals surface area (Å²) in [6, 6.07) is 1.81. The molecule has 0 aliphatic heterocycles. The van der Waals surface area contributed by atoms with Gasteiger partial charge in [-0.25, -0.2) is 8.42 Å². The molecular weight excluding hydrogens is 344 g/mol. The summed E-state index contributed by atoms with van der Waals surface area (Å²) >= 11 is 3.39. The number of halogens is 2. The molecule has 0 aromatic heterocycles. The van der Waals surface area contributed by atoms with Gasteiger partial charge >= 0.3 is 0 Å². The molecule has 0 bridgehead atoms. The number of benzene rings is 1. The standard InChI is InChI=1S/C11H14BrClO4S/c1-4-7-5-9(16-2)11(17-3)8(10(7)12)6-18(13,14)15/h5H,4,6H2,1-3H3. The van der Waals surface area contributed by atoms with Crippen molar-refractivity contribution < 1.29 is 17.9 Å². The minimum atomic E-state index is -3.68. The monoisotopic (exact) mass is 356 g/mol. The third-order valence-electron chi connectivity index (χ3n) is 2.47. The summed E-state index contributed by atoms with van der Waals surface area (Å²) in [7, 11) is 4.60. The average molecular weight is 358 g/mol. The van der Waals surface area contributed by atoms with Gasteiger partial charge < -0.3 is 9.47 Å². The number of ether oxygens (including phenoxy) is 2. The van der Waals surface area contributed by atoms with Gasteiger partial charge in [0.2, 0.25) is 9.05 Å². The molecule has 0 radical (unpaired) electrons. The first-order chi connectivity index (χ1) is 8.34. The molecule has 102 valence electrons. The van der Waals surface area contributed by atoms with Gasteiger partial charge in [-0.1, -0.05) is 22.9 Å². The van der Waals surface area contributed by atoms with Crippen LogP contribution in [0.1, 0.15) is 18.1 Å². The predicted molar refractivity (Wildman–Crippen MR) is 75.1 cm³/mol. The highest BCUT2D eigenvalue weighted by atomic mass is 79.9. The molecule has 7 heteroatoms. The lowest BCUT2D eigenvalue weighted by Gasteiger charge is -2.16. The van der Waals surface area contributed by atoms with Crippen LogP contribution >= 0.6 is 26.6 Å². The Balaban J connectivity index is 3.52. The lowest BCUT2D eigenvalue weighted by molar-refractivity contribution is 0.352. The van der Waals surface area contributed by atoms with E-state index in [1.165, 1.54) is 14.2 Å². The predicted octanol–water partition coefficient (Wildman–Crippen LogP) is 3.10. The second kappa shape index (κ2) is 6.12. The van der Waals surface area contributed by atoms with Crippen molar-refractivity contribution in [2.24, 2.45) is 0 Å². The molecule has 0 saturated carbocycles. The molecule has 0 aliphatic rings. The van der Waals surface area contributed by atoms with Crippen molar-refractivity contribution in [3.05, 3.63) is 21.7 Å². The Labute approximate surface area is 120 Å². The number of aryl methyl sites for hydroxylation is 1. The zero-order valence-electron chi connectivity index (χ0n) is 10.3. The third kappa shape index (κ3) is 3.52. The van der Waals surface area contributed by atoms with Crippen LogP contribution in [-0.2, 0) is 21.2 Å². The Morgan fingerprint density at radius 1 is 1.33 bits per heavy atom. The first-order valence-corrected chi connectivity index (χ1v) is 8.45. The summed E-state index contributed by atoms with van der Waals surface area (Å²) in [5, 5.41) is 0. The highest BCUT2D eigenvalue weighted by Crippen LogP contribution is 2.40. The molecule has 0 N–H and O–H groups in total. The Hall–Kier alpha value is -0.460. The second-order valence-electron chi connectivity index (χ2n) is 3.60. The Bertz CT molecular complexity index is 542. The molecule has 0 heterocycles. The highest BCUT2D eigenvalue weighted by Gasteiger charge is 2.21. The van der Waals surface area contributed by atoms with E-state index in [-0.39, 0.29) is 5.75 Å². The van der Waals surface area contributed by atoms with E-state index in [2.05, 4.69) is 15.9 Å². The van der Waals surface area contributed by atoms with Crippen LogP contribution < -0.4 is 9.47 Å². The smallest absolute Gasteiger partial charge is 0.236 e. The van der Waals surface area contributed by atoms with Gasteiger partial charge in [-0.2, -0.15) is 0 Å². The summed E-state index contributed by atoms with van der Waals surface area (Å²) < 4.78 is 33.6. The van der Waals surface area contributed by atoms with Crippen LogP contribution in [0.15, 0.2) is 10.5 Å². The summed E-state index contributed by atoms with van der Waals surface area (Å²) in [6.45, 7) is 1.96. The second-order valence-corrected chi connectivity index (χ2v) is 7.17. The summed E-state index contributed by atoms with van der Waals surface area (Å²) in [4.78, 5) is 0. The normalized spacial score (nSPS) is 11.4. The van der Waals surface area contributed by atoms with E-state index in [0.717, 1.165) is 12.0 Å². The van der Waals surface area contributed by atoms with Crippen molar-refractivity contribution in [3.8, 4) is 11.5 Å². The molecule has 4 nitrogen and oxygen atoms in total. The SMILES string of the molecule is CCc1cc(OC)c(OC)c(CS(=O)(=O)Cl)c1Br. The minimum Gasteiger partial charge on any atom is -0.493 e. The van der Waals surface area contributed by atoms with Gasteiger partial charge in [0.1, 0.15) is 0 Å². The van der Waals surface area contributed by atoms with Crippen molar-refractivity contribution in [2.45, 2.75) is 19.1 Å². The minimum absolute atomic E-state index is 0.317. The number of hydrogen-bond acceptors (Lipinski definition) is 4. The summed E-state index contributed by atoms with van der Waals surface area (Å²) in [6.07, 6.45) is 0.732. The van der Waals surface area contributed by atoms with Crippen LogP contribution in [0.4, 0.5) is 0 Å². The lowest BCUT2D eigenvalue weighted by atomic mass is 10.1. The molecule has 1 rings (SSSR count). The molecule has 0 spiro atoms. The zero-order chi connectivity index (χ0) is 13.9. The molecule has 0 atom stereocenters. The van der Waals surface area contributed by atoms with Crippen LogP contribution in [0, 0.1) is 0 Å². The lowest BCUT2D eigenvalue weighted by Crippen LogP contribution is -2.04.